The molecule has 0 unspecified atom stereocenters. The maximum Gasteiger partial charge on any atom is 0.0514 e. The Hall–Kier alpha value is -0.470. The first-order chi connectivity index (χ1) is 8.08. The van der Waals surface area contributed by atoms with E-state index in [1.165, 1.54) is 17.1 Å². The zero-order chi connectivity index (χ0) is 12.6. The Bertz CT molecular complexity index is 290. The second-order valence-corrected chi connectivity index (χ2v) is 6.65. The molecule has 0 aliphatic rings. The first-order valence-electron chi connectivity index (χ1n) is 6.33. The number of hydrogen-bond donors (Lipinski definition) is 0. The molecular weight excluding hydrogens is 228 g/mol. The Labute approximate surface area is 110 Å². The van der Waals surface area contributed by atoms with Gasteiger partial charge in [-0.3, -0.25) is 0 Å². The van der Waals surface area contributed by atoms with Crippen molar-refractivity contribution >= 4 is 11.8 Å². The SMILES string of the molecule is CC(C)(C)COCCCCSc1ccccc1. The standard InChI is InChI=1S/C15H24OS/c1-15(2,3)13-16-11-7-8-12-17-14-9-5-4-6-10-14/h4-6,9-10H,7-8,11-13H2,1-3H3. The molecule has 0 N–H and O–H groups in total. The van der Waals surface area contributed by atoms with E-state index in [9.17, 15) is 0 Å². The highest BCUT2D eigenvalue weighted by atomic mass is 32.2. The summed E-state index contributed by atoms with van der Waals surface area (Å²) < 4.78 is 5.64. The largest absolute Gasteiger partial charge is 0.381 e. The molecule has 0 aliphatic heterocycles. The van der Waals surface area contributed by atoms with Gasteiger partial charge in [0.05, 0.1) is 6.61 Å². The summed E-state index contributed by atoms with van der Waals surface area (Å²) in [6, 6.07) is 10.6. The predicted molar refractivity (Wildman–Crippen MR) is 76.7 cm³/mol. The van der Waals surface area contributed by atoms with Crippen LogP contribution in [0, 0.1) is 5.41 Å². The number of hydrogen-bond acceptors (Lipinski definition) is 2. The lowest BCUT2D eigenvalue weighted by molar-refractivity contribution is 0.0696. The second-order valence-electron chi connectivity index (χ2n) is 5.48. The molecule has 1 rings (SSSR count). The molecule has 1 nitrogen and oxygen atoms in total. The highest BCUT2D eigenvalue weighted by Crippen LogP contribution is 2.18. The summed E-state index contributed by atoms with van der Waals surface area (Å²) in [4.78, 5) is 1.36. The minimum atomic E-state index is 0.290. The highest BCUT2D eigenvalue weighted by molar-refractivity contribution is 7.99. The van der Waals surface area contributed by atoms with Gasteiger partial charge in [-0.05, 0) is 36.1 Å². The number of unbranched alkanes of at least 4 members (excludes halogenated alkanes) is 1. The maximum atomic E-state index is 5.64. The summed E-state index contributed by atoms with van der Waals surface area (Å²) in [5.41, 5.74) is 0.290. The zero-order valence-electron chi connectivity index (χ0n) is 11.2. The van der Waals surface area contributed by atoms with Crippen LogP contribution in [0.3, 0.4) is 0 Å². The van der Waals surface area contributed by atoms with Crippen molar-refractivity contribution in [1.82, 2.24) is 0 Å². The van der Waals surface area contributed by atoms with Crippen molar-refractivity contribution in [2.24, 2.45) is 5.41 Å². The molecule has 0 bridgehead atoms. The Morgan fingerprint density at radius 2 is 1.76 bits per heavy atom. The molecule has 0 amide bonds. The fourth-order valence-electron chi connectivity index (χ4n) is 1.39. The van der Waals surface area contributed by atoms with Crippen LogP contribution in [0.5, 0.6) is 0 Å². The summed E-state index contributed by atoms with van der Waals surface area (Å²) in [5.74, 6) is 1.18. The van der Waals surface area contributed by atoms with Crippen molar-refractivity contribution in [1.29, 1.82) is 0 Å². The molecule has 0 spiro atoms. The van der Waals surface area contributed by atoms with Gasteiger partial charge in [0.25, 0.3) is 0 Å². The molecule has 0 heterocycles. The van der Waals surface area contributed by atoms with E-state index in [4.69, 9.17) is 4.74 Å². The van der Waals surface area contributed by atoms with Crippen LogP contribution in [0.25, 0.3) is 0 Å². The minimum absolute atomic E-state index is 0.290. The Morgan fingerprint density at radius 1 is 1.06 bits per heavy atom. The van der Waals surface area contributed by atoms with E-state index < -0.39 is 0 Å². The predicted octanol–water partition coefficient (Wildman–Crippen LogP) is 4.62. The summed E-state index contributed by atoms with van der Waals surface area (Å²) in [5, 5.41) is 0. The van der Waals surface area contributed by atoms with Crippen molar-refractivity contribution in [3.63, 3.8) is 0 Å². The molecular formula is C15H24OS. The first kappa shape index (κ1) is 14.6. The number of ether oxygens (including phenoxy) is 1. The lowest BCUT2D eigenvalue weighted by Crippen LogP contribution is -2.15. The van der Waals surface area contributed by atoms with Crippen LogP contribution in [0.4, 0.5) is 0 Å². The Kier molecular flexibility index (Phi) is 6.68. The van der Waals surface area contributed by atoms with Crippen LogP contribution < -0.4 is 0 Å². The lowest BCUT2D eigenvalue weighted by Gasteiger charge is -2.17. The third-order valence-electron chi connectivity index (χ3n) is 2.23. The molecule has 1 aromatic rings. The van der Waals surface area contributed by atoms with Crippen molar-refractivity contribution < 1.29 is 4.74 Å². The molecule has 0 aromatic heterocycles. The average Bonchev–Trinajstić information content (AvgIpc) is 2.28. The van der Waals surface area contributed by atoms with Gasteiger partial charge < -0.3 is 4.74 Å². The lowest BCUT2D eigenvalue weighted by atomic mass is 9.99. The minimum Gasteiger partial charge on any atom is -0.381 e. The first-order valence-corrected chi connectivity index (χ1v) is 7.32. The number of benzene rings is 1. The molecule has 1 aromatic carbocycles. The van der Waals surface area contributed by atoms with Crippen molar-refractivity contribution in [2.75, 3.05) is 19.0 Å². The molecule has 0 saturated heterocycles. The number of thioether (sulfide) groups is 1. The molecule has 2 heteroatoms. The van der Waals surface area contributed by atoms with E-state index >= 15 is 0 Å². The van der Waals surface area contributed by atoms with Gasteiger partial charge in [0, 0.05) is 11.5 Å². The topological polar surface area (TPSA) is 9.23 Å². The van der Waals surface area contributed by atoms with Gasteiger partial charge in [-0.25, -0.2) is 0 Å². The summed E-state index contributed by atoms with van der Waals surface area (Å²) in [6.45, 7) is 8.38. The fourth-order valence-corrected chi connectivity index (χ4v) is 2.33. The monoisotopic (exact) mass is 252 g/mol. The van der Waals surface area contributed by atoms with E-state index in [1.54, 1.807) is 0 Å². The van der Waals surface area contributed by atoms with Gasteiger partial charge in [0.1, 0.15) is 0 Å². The quantitative estimate of drug-likeness (QED) is 0.517. The molecule has 0 radical (unpaired) electrons. The van der Waals surface area contributed by atoms with E-state index in [-0.39, 0.29) is 0 Å². The Morgan fingerprint density at radius 3 is 2.41 bits per heavy atom. The van der Waals surface area contributed by atoms with Crippen LogP contribution in [0.2, 0.25) is 0 Å². The van der Waals surface area contributed by atoms with Crippen molar-refractivity contribution in [2.45, 2.75) is 38.5 Å². The van der Waals surface area contributed by atoms with Gasteiger partial charge in [-0.15, -0.1) is 11.8 Å². The third kappa shape index (κ3) is 8.28. The molecule has 17 heavy (non-hydrogen) atoms. The summed E-state index contributed by atoms with van der Waals surface area (Å²) >= 11 is 1.93. The second kappa shape index (κ2) is 7.78. The van der Waals surface area contributed by atoms with Gasteiger partial charge >= 0.3 is 0 Å². The van der Waals surface area contributed by atoms with E-state index in [0.717, 1.165) is 19.6 Å². The average molecular weight is 252 g/mol. The van der Waals surface area contributed by atoms with Crippen LogP contribution in [0.1, 0.15) is 33.6 Å². The van der Waals surface area contributed by atoms with E-state index in [0.29, 0.717) is 5.41 Å². The van der Waals surface area contributed by atoms with Gasteiger partial charge in [0.2, 0.25) is 0 Å². The van der Waals surface area contributed by atoms with Crippen molar-refractivity contribution in [3.8, 4) is 0 Å². The van der Waals surface area contributed by atoms with Crippen LogP contribution in [-0.4, -0.2) is 19.0 Å². The van der Waals surface area contributed by atoms with Crippen LogP contribution in [0.15, 0.2) is 35.2 Å². The van der Waals surface area contributed by atoms with E-state index in [2.05, 4.69) is 51.1 Å². The Balaban J connectivity index is 1.95. The molecule has 96 valence electrons. The molecule has 0 fully saturated rings. The van der Waals surface area contributed by atoms with Gasteiger partial charge in [0.15, 0.2) is 0 Å². The van der Waals surface area contributed by atoms with Crippen molar-refractivity contribution in [3.05, 3.63) is 30.3 Å². The third-order valence-corrected chi connectivity index (χ3v) is 3.33. The summed E-state index contributed by atoms with van der Waals surface area (Å²) in [7, 11) is 0. The normalized spacial score (nSPS) is 11.7. The van der Waals surface area contributed by atoms with Crippen LogP contribution in [-0.2, 0) is 4.74 Å². The zero-order valence-corrected chi connectivity index (χ0v) is 12.1. The molecule has 0 saturated carbocycles. The number of rotatable bonds is 7. The maximum absolute atomic E-state index is 5.64. The van der Waals surface area contributed by atoms with E-state index in [1.807, 2.05) is 11.8 Å². The highest BCUT2D eigenvalue weighted by Gasteiger charge is 2.09. The van der Waals surface area contributed by atoms with Gasteiger partial charge in [-0.1, -0.05) is 39.0 Å². The van der Waals surface area contributed by atoms with Gasteiger partial charge in [-0.2, -0.15) is 0 Å². The molecule has 0 aliphatic carbocycles. The van der Waals surface area contributed by atoms with Crippen LogP contribution >= 0.6 is 11.8 Å². The smallest absolute Gasteiger partial charge is 0.0514 e. The summed E-state index contributed by atoms with van der Waals surface area (Å²) in [6.07, 6.45) is 2.39. The fraction of sp³-hybridized carbons (Fsp3) is 0.600. The molecule has 0 atom stereocenters.